The lowest BCUT2D eigenvalue weighted by Gasteiger charge is -2.25. The van der Waals surface area contributed by atoms with Crippen molar-refractivity contribution >= 4 is 29.3 Å². The lowest BCUT2D eigenvalue weighted by Crippen LogP contribution is -2.20. The Morgan fingerprint density at radius 1 is 1.28 bits per heavy atom. The van der Waals surface area contributed by atoms with E-state index < -0.39 is 0 Å². The van der Waals surface area contributed by atoms with Crippen molar-refractivity contribution in [2.24, 2.45) is 0 Å². The first-order valence-corrected chi connectivity index (χ1v) is 6.52. The molecule has 1 aliphatic heterocycles. The van der Waals surface area contributed by atoms with Gasteiger partial charge in [-0.3, -0.25) is 0 Å². The molecule has 1 aromatic carbocycles. The van der Waals surface area contributed by atoms with Crippen LogP contribution in [-0.2, 0) is 0 Å². The third-order valence-electron chi connectivity index (χ3n) is 3.31. The minimum absolute atomic E-state index is 0.137. The third kappa shape index (κ3) is 1.66. The monoisotopic (exact) mass is 258 g/mol. The zero-order valence-corrected chi connectivity index (χ0v) is 11.2. The van der Waals surface area contributed by atoms with Crippen LogP contribution in [0.2, 0.25) is 0 Å². The van der Waals surface area contributed by atoms with Crippen LogP contribution in [0.3, 0.4) is 0 Å². The second-order valence-corrected chi connectivity index (χ2v) is 4.90. The number of ether oxygens (including phenoxy) is 1. The summed E-state index contributed by atoms with van der Waals surface area (Å²) in [6, 6.07) is 7.85. The van der Waals surface area contributed by atoms with E-state index in [1.807, 2.05) is 24.3 Å². The maximum Gasteiger partial charge on any atom is 0.201 e. The quantitative estimate of drug-likeness (QED) is 0.690. The first kappa shape index (κ1) is 11.5. The Balaban J connectivity index is 2.35. The highest BCUT2D eigenvalue weighted by molar-refractivity contribution is 7.71. The average molecular weight is 258 g/mol. The van der Waals surface area contributed by atoms with Gasteiger partial charge in [0.15, 0.2) is 0 Å². The largest absolute Gasteiger partial charge is 0.485 e. The van der Waals surface area contributed by atoms with Crippen molar-refractivity contribution < 1.29 is 9.15 Å². The molecule has 2 nitrogen and oxygen atoms in total. The van der Waals surface area contributed by atoms with E-state index in [0.717, 1.165) is 28.7 Å². The fourth-order valence-electron chi connectivity index (χ4n) is 2.35. The van der Waals surface area contributed by atoms with Gasteiger partial charge in [-0.1, -0.05) is 19.1 Å². The molecule has 3 heteroatoms. The second kappa shape index (κ2) is 4.25. The summed E-state index contributed by atoms with van der Waals surface area (Å²) in [5, 5.41) is 0.989. The molecule has 0 bridgehead atoms. The Hall–Kier alpha value is -1.61. The van der Waals surface area contributed by atoms with Crippen molar-refractivity contribution in [3.63, 3.8) is 0 Å². The van der Waals surface area contributed by atoms with Gasteiger partial charge >= 0.3 is 0 Å². The Labute approximate surface area is 111 Å². The molecular formula is C15H14O2S. The number of fused-ring (bicyclic) bond motifs is 3. The predicted octanol–water partition coefficient (Wildman–Crippen LogP) is 4.74. The third-order valence-corrected chi connectivity index (χ3v) is 3.61. The molecule has 0 N–H and O–H groups in total. The lowest BCUT2D eigenvalue weighted by molar-refractivity contribution is 0.230. The molecule has 0 amide bonds. The lowest BCUT2D eigenvalue weighted by atomic mass is 10.0. The van der Waals surface area contributed by atoms with Gasteiger partial charge in [0.2, 0.25) is 4.71 Å². The molecule has 2 heterocycles. The molecule has 1 aliphatic rings. The van der Waals surface area contributed by atoms with Gasteiger partial charge in [0, 0.05) is 0 Å². The van der Waals surface area contributed by atoms with E-state index in [1.54, 1.807) is 0 Å². The number of para-hydroxylation sites is 1. The molecule has 1 atom stereocenters. The molecule has 2 aromatic rings. The summed E-state index contributed by atoms with van der Waals surface area (Å²) in [5.41, 5.74) is 2.87. The number of rotatable bonds is 1. The van der Waals surface area contributed by atoms with Crippen molar-refractivity contribution in [3.8, 4) is 5.75 Å². The summed E-state index contributed by atoms with van der Waals surface area (Å²) in [7, 11) is 0. The molecule has 3 rings (SSSR count). The highest BCUT2D eigenvalue weighted by atomic mass is 32.1. The number of benzene rings is 1. The highest BCUT2D eigenvalue weighted by Crippen LogP contribution is 2.37. The number of hydrogen-bond donors (Lipinski definition) is 0. The first-order valence-electron chi connectivity index (χ1n) is 6.11. The van der Waals surface area contributed by atoms with Crippen molar-refractivity contribution in [2.45, 2.75) is 26.4 Å². The molecule has 0 radical (unpaired) electrons. The van der Waals surface area contributed by atoms with E-state index in [-0.39, 0.29) is 6.10 Å². The van der Waals surface area contributed by atoms with Crippen LogP contribution in [0.1, 0.15) is 25.8 Å². The molecular weight excluding hydrogens is 244 g/mol. The van der Waals surface area contributed by atoms with Gasteiger partial charge in [0.1, 0.15) is 17.4 Å². The van der Waals surface area contributed by atoms with Gasteiger partial charge < -0.3 is 9.15 Å². The molecule has 0 aliphatic carbocycles. The van der Waals surface area contributed by atoms with Crippen LogP contribution >= 0.6 is 12.2 Å². The smallest absolute Gasteiger partial charge is 0.201 e. The van der Waals surface area contributed by atoms with Crippen LogP contribution in [-0.4, -0.2) is 6.10 Å². The molecule has 0 saturated heterocycles. The summed E-state index contributed by atoms with van der Waals surface area (Å²) >= 11 is 5.30. The number of hydrogen-bond acceptors (Lipinski definition) is 3. The normalized spacial score (nSPS) is 18.1. The van der Waals surface area contributed by atoms with Crippen LogP contribution in [0.5, 0.6) is 5.75 Å². The Morgan fingerprint density at radius 2 is 2.06 bits per heavy atom. The Bertz CT molecular complexity index is 697. The van der Waals surface area contributed by atoms with E-state index in [1.165, 1.54) is 5.57 Å². The van der Waals surface area contributed by atoms with Gasteiger partial charge in [-0.15, -0.1) is 0 Å². The van der Waals surface area contributed by atoms with Crippen LogP contribution in [0.15, 0.2) is 34.3 Å². The van der Waals surface area contributed by atoms with Gasteiger partial charge in [-0.05, 0) is 49.3 Å². The molecule has 18 heavy (non-hydrogen) atoms. The summed E-state index contributed by atoms with van der Waals surface area (Å²) in [5.74, 6) is 0.860. The molecule has 1 aromatic heterocycles. The van der Waals surface area contributed by atoms with Gasteiger partial charge in [0.05, 0.1) is 10.9 Å². The van der Waals surface area contributed by atoms with E-state index in [4.69, 9.17) is 21.4 Å². The summed E-state index contributed by atoms with van der Waals surface area (Å²) < 4.78 is 12.3. The van der Waals surface area contributed by atoms with Crippen molar-refractivity contribution in [2.75, 3.05) is 0 Å². The minimum Gasteiger partial charge on any atom is -0.485 e. The van der Waals surface area contributed by atoms with Crippen LogP contribution in [0.25, 0.3) is 17.0 Å². The van der Waals surface area contributed by atoms with E-state index in [0.29, 0.717) is 4.71 Å². The second-order valence-electron chi connectivity index (χ2n) is 4.53. The fraction of sp³-hybridized carbons (Fsp3) is 0.267. The molecule has 92 valence electrons. The van der Waals surface area contributed by atoms with Crippen LogP contribution in [0.4, 0.5) is 0 Å². The molecule has 0 spiro atoms. The molecule has 0 fully saturated rings. The van der Waals surface area contributed by atoms with E-state index in [9.17, 15) is 0 Å². The highest BCUT2D eigenvalue weighted by Gasteiger charge is 2.22. The summed E-state index contributed by atoms with van der Waals surface area (Å²) in [6.45, 7) is 4.19. The SMILES string of the molecule is CCC1Oc2c(c(=S)oc3ccccc23)C=C1C. The summed E-state index contributed by atoms with van der Waals surface area (Å²) in [4.78, 5) is 0. The van der Waals surface area contributed by atoms with Crippen LogP contribution < -0.4 is 4.74 Å². The van der Waals surface area contributed by atoms with Crippen molar-refractivity contribution in [3.05, 3.63) is 40.1 Å². The zero-order chi connectivity index (χ0) is 12.7. The topological polar surface area (TPSA) is 22.4 Å². The average Bonchev–Trinajstić information content (AvgIpc) is 2.39. The fourth-order valence-corrected chi connectivity index (χ4v) is 2.59. The van der Waals surface area contributed by atoms with E-state index >= 15 is 0 Å². The van der Waals surface area contributed by atoms with Crippen molar-refractivity contribution in [1.29, 1.82) is 0 Å². The Kier molecular flexibility index (Phi) is 2.71. The maximum absolute atomic E-state index is 6.09. The predicted molar refractivity (Wildman–Crippen MR) is 75.4 cm³/mol. The standard InChI is InChI=1S/C15H14O2S/c1-3-12-9(2)8-11-14(16-12)10-6-4-5-7-13(10)17-15(11)18/h4-8,12H,3H2,1-2H3. The minimum atomic E-state index is 0.137. The van der Waals surface area contributed by atoms with E-state index in [2.05, 4.69) is 19.9 Å². The van der Waals surface area contributed by atoms with Crippen molar-refractivity contribution in [1.82, 2.24) is 0 Å². The summed E-state index contributed by atoms with van der Waals surface area (Å²) in [6.07, 6.45) is 3.18. The van der Waals surface area contributed by atoms with Gasteiger partial charge in [-0.2, -0.15) is 0 Å². The zero-order valence-electron chi connectivity index (χ0n) is 10.4. The molecule has 0 saturated carbocycles. The Morgan fingerprint density at radius 3 is 2.83 bits per heavy atom. The maximum atomic E-state index is 6.09. The first-order chi connectivity index (χ1) is 8.70. The van der Waals surface area contributed by atoms with Gasteiger partial charge in [-0.25, -0.2) is 0 Å². The van der Waals surface area contributed by atoms with Gasteiger partial charge in [0.25, 0.3) is 0 Å². The molecule has 1 unspecified atom stereocenters. The van der Waals surface area contributed by atoms with Crippen LogP contribution in [0, 0.1) is 4.71 Å².